The lowest BCUT2D eigenvalue weighted by atomic mass is 10.3. The fourth-order valence-corrected chi connectivity index (χ4v) is 1.57. The van der Waals surface area contributed by atoms with E-state index in [-0.39, 0.29) is 0 Å². The minimum atomic E-state index is -0.667. The molecular weight excluding hydrogens is 266 g/mol. The molecule has 0 saturated carbocycles. The Labute approximate surface area is 117 Å². The van der Waals surface area contributed by atoms with Crippen molar-refractivity contribution in [3.63, 3.8) is 0 Å². The molecule has 0 saturated heterocycles. The molecule has 0 aliphatic carbocycles. The summed E-state index contributed by atoms with van der Waals surface area (Å²) in [5, 5.41) is 5.66. The average molecular weight is 285 g/mol. The van der Waals surface area contributed by atoms with E-state index < -0.39 is 11.8 Å². The van der Waals surface area contributed by atoms with Gasteiger partial charge in [-0.3, -0.25) is 9.59 Å². The quantitative estimate of drug-likeness (QED) is 0.524. The highest BCUT2D eigenvalue weighted by atomic mass is 35.5. The number of hydrogen-bond donors (Lipinski definition) is 3. The molecule has 5 nitrogen and oxygen atoms in total. The van der Waals surface area contributed by atoms with Gasteiger partial charge in [0.2, 0.25) is 0 Å². The second-order valence-corrected chi connectivity index (χ2v) is 4.96. The third-order valence-corrected chi connectivity index (χ3v) is 2.70. The molecule has 0 aromatic heterocycles. The summed E-state index contributed by atoms with van der Waals surface area (Å²) in [7, 11) is 4.07. The van der Waals surface area contributed by atoms with Gasteiger partial charge in [-0.2, -0.15) is 0 Å². The van der Waals surface area contributed by atoms with Crippen molar-refractivity contribution in [3.8, 4) is 0 Å². The number of carbonyl (C=O) groups is 2. The van der Waals surface area contributed by atoms with Crippen molar-refractivity contribution in [2.45, 2.75) is 6.42 Å². The Bertz CT molecular complexity index is 432. The summed E-state index contributed by atoms with van der Waals surface area (Å²) in [5.74, 6) is -1.29. The van der Waals surface area contributed by atoms with Crippen LogP contribution >= 0.6 is 11.6 Å². The van der Waals surface area contributed by atoms with E-state index in [0.717, 1.165) is 13.0 Å². The van der Waals surface area contributed by atoms with Gasteiger partial charge in [-0.15, -0.1) is 0 Å². The molecule has 0 heterocycles. The maximum absolute atomic E-state index is 11.6. The number of rotatable bonds is 5. The molecule has 104 valence electrons. The topological polar surface area (TPSA) is 62.6 Å². The van der Waals surface area contributed by atoms with Gasteiger partial charge >= 0.3 is 11.8 Å². The van der Waals surface area contributed by atoms with Crippen LogP contribution in [0.1, 0.15) is 6.42 Å². The van der Waals surface area contributed by atoms with E-state index in [0.29, 0.717) is 17.3 Å². The van der Waals surface area contributed by atoms with Crippen LogP contribution in [0.5, 0.6) is 0 Å². The number of halogens is 1. The number of nitrogens with one attached hydrogen (secondary N) is 3. The highest BCUT2D eigenvalue weighted by molar-refractivity contribution is 6.39. The Balaban J connectivity index is 2.32. The summed E-state index contributed by atoms with van der Waals surface area (Å²) in [6.45, 7) is 1.44. The molecule has 3 N–H and O–H groups in total. The van der Waals surface area contributed by atoms with Crippen molar-refractivity contribution in [1.29, 1.82) is 0 Å². The maximum Gasteiger partial charge on any atom is 0.313 e. The lowest BCUT2D eigenvalue weighted by Gasteiger charge is -2.08. The molecule has 1 aromatic carbocycles. The normalized spacial score (nSPS) is 10.3. The number of hydrogen-bond acceptors (Lipinski definition) is 2. The molecule has 1 rings (SSSR count). The maximum atomic E-state index is 11.6. The summed E-state index contributed by atoms with van der Waals surface area (Å²) in [6, 6.07) is 6.58. The van der Waals surface area contributed by atoms with Crippen LogP contribution in [0, 0.1) is 0 Å². The van der Waals surface area contributed by atoms with E-state index in [1.165, 1.54) is 4.90 Å². The molecule has 19 heavy (non-hydrogen) atoms. The lowest BCUT2D eigenvalue weighted by molar-refractivity contribution is -0.858. The zero-order valence-corrected chi connectivity index (χ0v) is 11.9. The predicted molar refractivity (Wildman–Crippen MR) is 75.4 cm³/mol. The van der Waals surface area contributed by atoms with E-state index in [9.17, 15) is 9.59 Å². The minimum Gasteiger partial charge on any atom is -0.348 e. The van der Waals surface area contributed by atoms with Crippen molar-refractivity contribution in [2.75, 3.05) is 32.5 Å². The first-order valence-corrected chi connectivity index (χ1v) is 6.50. The number of quaternary nitrogens is 1. The van der Waals surface area contributed by atoms with E-state index in [1.54, 1.807) is 24.3 Å². The third kappa shape index (κ3) is 6.22. The molecule has 0 radical (unpaired) electrons. The molecule has 0 aliphatic heterocycles. The van der Waals surface area contributed by atoms with Gasteiger partial charge in [0.25, 0.3) is 0 Å². The van der Waals surface area contributed by atoms with Crippen LogP contribution in [0.3, 0.4) is 0 Å². The zero-order chi connectivity index (χ0) is 14.3. The van der Waals surface area contributed by atoms with Crippen molar-refractivity contribution in [2.24, 2.45) is 0 Å². The zero-order valence-electron chi connectivity index (χ0n) is 11.1. The van der Waals surface area contributed by atoms with Gasteiger partial charge in [-0.05, 0) is 24.3 Å². The molecule has 6 heteroatoms. The van der Waals surface area contributed by atoms with Crippen molar-refractivity contribution in [3.05, 3.63) is 29.3 Å². The largest absolute Gasteiger partial charge is 0.348 e. The summed E-state index contributed by atoms with van der Waals surface area (Å²) in [6.07, 6.45) is 0.836. The van der Waals surface area contributed by atoms with E-state index in [4.69, 9.17) is 11.6 Å². The highest BCUT2D eigenvalue weighted by Gasteiger charge is 2.12. The van der Waals surface area contributed by atoms with Crippen LogP contribution in [0.4, 0.5) is 5.69 Å². The van der Waals surface area contributed by atoms with Crippen molar-refractivity contribution in [1.82, 2.24) is 5.32 Å². The van der Waals surface area contributed by atoms with Crippen LogP contribution in [0.2, 0.25) is 5.02 Å². The first kappa shape index (κ1) is 15.5. The average Bonchev–Trinajstić information content (AvgIpc) is 2.36. The number of carbonyl (C=O) groups excluding carboxylic acids is 2. The van der Waals surface area contributed by atoms with Crippen LogP contribution < -0.4 is 15.5 Å². The molecule has 0 aliphatic rings. The van der Waals surface area contributed by atoms with Gasteiger partial charge in [0.1, 0.15) is 0 Å². The second kappa shape index (κ2) is 7.76. The Hall–Kier alpha value is -1.59. The van der Waals surface area contributed by atoms with Crippen LogP contribution in [-0.4, -0.2) is 39.0 Å². The first-order valence-electron chi connectivity index (χ1n) is 6.13. The molecule has 0 fully saturated rings. The van der Waals surface area contributed by atoms with Crippen molar-refractivity contribution < 1.29 is 14.5 Å². The molecular formula is C13H19ClN3O2+. The minimum absolute atomic E-state index is 0.498. The van der Waals surface area contributed by atoms with Gasteiger partial charge in [-0.25, -0.2) is 0 Å². The summed E-state index contributed by atoms with van der Waals surface area (Å²) in [5.41, 5.74) is 0.544. The predicted octanol–water partition coefficient (Wildman–Crippen LogP) is -0.0707. The van der Waals surface area contributed by atoms with Crippen molar-refractivity contribution >= 4 is 29.1 Å². The molecule has 2 amide bonds. The third-order valence-electron chi connectivity index (χ3n) is 2.45. The van der Waals surface area contributed by atoms with E-state index in [2.05, 4.69) is 10.6 Å². The highest BCUT2D eigenvalue weighted by Crippen LogP contribution is 2.12. The number of anilines is 1. The van der Waals surface area contributed by atoms with Gasteiger partial charge in [0, 0.05) is 23.7 Å². The van der Waals surface area contributed by atoms with Gasteiger partial charge in [0.05, 0.1) is 20.6 Å². The smallest absolute Gasteiger partial charge is 0.313 e. The molecule has 1 aromatic rings. The summed E-state index contributed by atoms with van der Waals surface area (Å²) < 4.78 is 0. The van der Waals surface area contributed by atoms with Gasteiger partial charge in [0.15, 0.2) is 0 Å². The Kier molecular flexibility index (Phi) is 6.32. The van der Waals surface area contributed by atoms with Crippen LogP contribution in [0.15, 0.2) is 24.3 Å². The Morgan fingerprint density at radius 3 is 2.37 bits per heavy atom. The lowest BCUT2D eigenvalue weighted by Crippen LogP contribution is -3.05. The monoisotopic (exact) mass is 284 g/mol. The van der Waals surface area contributed by atoms with Gasteiger partial charge < -0.3 is 15.5 Å². The van der Waals surface area contributed by atoms with Gasteiger partial charge in [-0.1, -0.05) is 11.6 Å². The number of benzene rings is 1. The molecule has 0 atom stereocenters. The molecule has 0 spiro atoms. The first-order chi connectivity index (χ1) is 8.99. The fraction of sp³-hybridized carbons (Fsp3) is 0.385. The molecule has 0 unspecified atom stereocenters. The number of amides is 2. The Morgan fingerprint density at radius 1 is 1.16 bits per heavy atom. The Morgan fingerprint density at radius 2 is 1.79 bits per heavy atom. The van der Waals surface area contributed by atoms with E-state index in [1.807, 2.05) is 14.1 Å². The fourth-order valence-electron chi connectivity index (χ4n) is 1.45. The van der Waals surface area contributed by atoms with E-state index >= 15 is 0 Å². The van der Waals surface area contributed by atoms with Crippen LogP contribution in [0.25, 0.3) is 0 Å². The second-order valence-electron chi connectivity index (χ2n) is 4.53. The SMILES string of the molecule is C[NH+](C)CCCNC(=O)C(=O)Nc1ccc(Cl)cc1. The molecule has 0 bridgehead atoms. The standard InChI is InChI=1S/C13H18ClN3O2/c1-17(2)9-3-8-15-12(18)13(19)16-11-6-4-10(14)5-7-11/h4-7H,3,8-9H2,1-2H3,(H,15,18)(H,16,19)/p+1. The summed E-state index contributed by atoms with van der Waals surface area (Å²) >= 11 is 5.73. The van der Waals surface area contributed by atoms with Crippen LogP contribution in [-0.2, 0) is 9.59 Å². The summed E-state index contributed by atoms with van der Waals surface area (Å²) in [4.78, 5) is 24.4.